The minimum absolute atomic E-state index is 0.156. The molecule has 1 amide bonds. The Hall–Kier alpha value is -3.27. The van der Waals surface area contributed by atoms with Gasteiger partial charge in [-0.25, -0.2) is 4.99 Å². The third kappa shape index (κ3) is 6.36. The third-order valence-corrected chi connectivity index (χ3v) is 8.04. The van der Waals surface area contributed by atoms with Crippen molar-refractivity contribution in [1.29, 1.82) is 0 Å². The molecular formula is C30H31ClN2O3S. The molecule has 0 unspecified atom stereocenters. The van der Waals surface area contributed by atoms with Crippen molar-refractivity contribution in [3.8, 4) is 23.8 Å². The van der Waals surface area contributed by atoms with Crippen molar-refractivity contribution in [2.75, 3.05) is 19.0 Å². The second kappa shape index (κ2) is 11.4. The van der Waals surface area contributed by atoms with Crippen LogP contribution < -0.4 is 14.8 Å². The Morgan fingerprint density at radius 3 is 2.68 bits per heavy atom. The average molecular weight is 535 g/mol. The van der Waals surface area contributed by atoms with Crippen molar-refractivity contribution < 1.29 is 14.3 Å². The van der Waals surface area contributed by atoms with Crippen LogP contribution in [0.1, 0.15) is 53.6 Å². The molecule has 192 valence electrons. The molecular weight excluding hydrogens is 504 g/mol. The molecule has 4 rings (SSSR count). The number of nitrogens with zero attached hydrogens (tertiary/aromatic N) is 1. The molecule has 0 bridgehead atoms. The lowest BCUT2D eigenvalue weighted by molar-refractivity contribution is 0.102. The van der Waals surface area contributed by atoms with E-state index in [4.69, 9.17) is 32.5 Å². The third-order valence-electron chi connectivity index (χ3n) is 6.63. The minimum atomic E-state index is -0.156. The molecule has 0 aliphatic heterocycles. The first-order chi connectivity index (χ1) is 17.7. The van der Waals surface area contributed by atoms with Crippen LogP contribution in [-0.4, -0.2) is 25.8 Å². The number of methoxy groups -OCH3 is 1. The fraction of sp³-hybridized carbons (Fsp3) is 0.333. The zero-order chi connectivity index (χ0) is 26.6. The largest absolute Gasteiger partial charge is 0.493 e. The van der Waals surface area contributed by atoms with E-state index in [0.29, 0.717) is 38.7 Å². The Balaban J connectivity index is 1.68. The Bertz CT molecular complexity index is 1350. The summed E-state index contributed by atoms with van der Waals surface area (Å²) in [5.41, 5.74) is 3.49. The predicted octanol–water partition coefficient (Wildman–Crippen LogP) is 7.58. The summed E-state index contributed by atoms with van der Waals surface area (Å²) in [7, 11) is 1.58. The Morgan fingerprint density at radius 1 is 1.24 bits per heavy atom. The first-order valence-electron chi connectivity index (χ1n) is 12.2. The molecule has 5 nitrogen and oxygen atoms in total. The summed E-state index contributed by atoms with van der Waals surface area (Å²) in [4.78, 5) is 19.6. The van der Waals surface area contributed by atoms with Gasteiger partial charge < -0.3 is 14.8 Å². The molecule has 7 heteroatoms. The molecule has 0 saturated carbocycles. The number of aliphatic imine (C=N–C) groups is 1. The number of benzene rings is 2. The summed E-state index contributed by atoms with van der Waals surface area (Å²) in [6.07, 6.45) is 9.92. The van der Waals surface area contributed by atoms with E-state index in [0.717, 1.165) is 30.4 Å². The number of terminal acetylenes is 1. The Kier molecular flexibility index (Phi) is 8.26. The number of fused-ring (bicyclic) bond motifs is 1. The van der Waals surface area contributed by atoms with E-state index in [-0.39, 0.29) is 17.9 Å². The smallest absolute Gasteiger partial charge is 0.259 e. The van der Waals surface area contributed by atoms with E-state index in [2.05, 4.69) is 32.0 Å². The van der Waals surface area contributed by atoms with Gasteiger partial charge in [0.05, 0.1) is 12.7 Å². The lowest BCUT2D eigenvalue weighted by Crippen LogP contribution is -2.27. The molecule has 2 aromatic carbocycles. The lowest BCUT2D eigenvalue weighted by atomic mass is 9.72. The van der Waals surface area contributed by atoms with E-state index in [1.54, 1.807) is 55.0 Å². The number of amides is 1. The monoisotopic (exact) mass is 534 g/mol. The van der Waals surface area contributed by atoms with Crippen LogP contribution in [0.3, 0.4) is 0 Å². The van der Waals surface area contributed by atoms with Crippen LogP contribution in [0, 0.1) is 23.7 Å². The van der Waals surface area contributed by atoms with Gasteiger partial charge in [0.25, 0.3) is 5.91 Å². The van der Waals surface area contributed by atoms with Crippen molar-refractivity contribution in [1.82, 2.24) is 0 Å². The maximum absolute atomic E-state index is 13.5. The SMILES string of the molecule is C#CCOc1ccc(C=Nc2sc3c(c2C(=O)Nc2ccc(Cl)cc2)CC[C@H](C(C)(C)C)C3)cc1OC. The normalized spacial score (nSPS) is 15.2. The van der Waals surface area contributed by atoms with Gasteiger partial charge in [-0.3, -0.25) is 4.79 Å². The molecule has 0 fully saturated rings. The molecule has 1 N–H and O–H groups in total. The van der Waals surface area contributed by atoms with Gasteiger partial charge in [0.15, 0.2) is 11.5 Å². The fourth-order valence-corrected chi connectivity index (χ4v) is 5.89. The van der Waals surface area contributed by atoms with Gasteiger partial charge in [-0.05, 0) is 84.2 Å². The van der Waals surface area contributed by atoms with E-state index < -0.39 is 0 Å². The zero-order valence-electron chi connectivity index (χ0n) is 21.6. The molecule has 0 radical (unpaired) electrons. The quantitative estimate of drug-likeness (QED) is 0.251. The summed E-state index contributed by atoms with van der Waals surface area (Å²) in [5, 5.41) is 4.36. The Labute approximate surface area is 227 Å². The van der Waals surface area contributed by atoms with Crippen molar-refractivity contribution in [2.45, 2.75) is 40.0 Å². The number of anilines is 1. The first-order valence-corrected chi connectivity index (χ1v) is 13.4. The average Bonchev–Trinajstić information content (AvgIpc) is 3.25. The van der Waals surface area contributed by atoms with E-state index in [9.17, 15) is 4.79 Å². The predicted molar refractivity (Wildman–Crippen MR) is 153 cm³/mol. The molecule has 1 aliphatic rings. The van der Waals surface area contributed by atoms with Crippen molar-refractivity contribution in [3.63, 3.8) is 0 Å². The Morgan fingerprint density at radius 2 is 2.00 bits per heavy atom. The summed E-state index contributed by atoms with van der Waals surface area (Å²) in [6.45, 7) is 7.02. The van der Waals surface area contributed by atoms with Crippen LogP contribution in [0.25, 0.3) is 0 Å². The molecule has 0 saturated heterocycles. The molecule has 37 heavy (non-hydrogen) atoms. The second-order valence-electron chi connectivity index (χ2n) is 10.1. The van der Waals surface area contributed by atoms with Gasteiger partial charge in [-0.2, -0.15) is 0 Å². The molecule has 1 aliphatic carbocycles. The number of nitrogens with one attached hydrogen (secondary N) is 1. The minimum Gasteiger partial charge on any atom is -0.493 e. The number of rotatable bonds is 7. The number of carbonyl (C=O) groups is 1. The zero-order valence-corrected chi connectivity index (χ0v) is 23.1. The standard InChI is InChI=1S/C30H31ClN2O3S/c1-6-15-36-24-14-7-19(16-25(24)35-5)18-32-29-27(28(34)33-22-11-9-21(31)10-12-22)23-13-8-20(30(2,3)4)17-26(23)37-29/h1,7,9-12,14,16,18,20H,8,13,15,17H2,2-5H3,(H,33,34)/t20-/m0/s1. The fourth-order valence-electron chi connectivity index (χ4n) is 4.50. The summed E-state index contributed by atoms with van der Waals surface area (Å²) < 4.78 is 11.0. The van der Waals surface area contributed by atoms with E-state index >= 15 is 0 Å². The van der Waals surface area contributed by atoms with Crippen molar-refractivity contribution in [2.24, 2.45) is 16.3 Å². The van der Waals surface area contributed by atoms with Gasteiger partial charge in [0.2, 0.25) is 0 Å². The van der Waals surface area contributed by atoms with Gasteiger partial charge >= 0.3 is 0 Å². The van der Waals surface area contributed by atoms with E-state index in [1.807, 2.05) is 12.1 Å². The van der Waals surface area contributed by atoms with Gasteiger partial charge in [-0.15, -0.1) is 17.8 Å². The molecule has 3 aromatic rings. The van der Waals surface area contributed by atoms with Crippen LogP contribution in [0.15, 0.2) is 47.5 Å². The van der Waals surface area contributed by atoms with E-state index in [1.165, 1.54) is 4.88 Å². The van der Waals surface area contributed by atoms with Crippen LogP contribution >= 0.6 is 22.9 Å². The van der Waals surface area contributed by atoms with Gasteiger partial charge in [0.1, 0.15) is 11.6 Å². The highest BCUT2D eigenvalue weighted by atomic mass is 35.5. The number of thiophene rings is 1. The van der Waals surface area contributed by atoms with Crippen LogP contribution in [0.4, 0.5) is 10.7 Å². The highest BCUT2D eigenvalue weighted by Crippen LogP contribution is 2.45. The maximum Gasteiger partial charge on any atom is 0.259 e. The topological polar surface area (TPSA) is 59.9 Å². The molecule has 1 atom stereocenters. The summed E-state index contributed by atoms with van der Waals surface area (Å²) >= 11 is 7.63. The van der Waals surface area contributed by atoms with Gasteiger partial charge in [0, 0.05) is 21.8 Å². The number of hydrogen-bond donors (Lipinski definition) is 1. The summed E-state index contributed by atoms with van der Waals surface area (Å²) in [5.74, 6) is 3.99. The van der Waals surface area contributed by atoms with Crippen LogP contribution in [0.2, 0.25) is 5.02 Å². The molecule has 1 aromatic heterocycles. The highest BCUT2D eigenvalue weighted by molar-refractivity contribution is 7.16. The first kappa shape index (κ1) is 26.8. The van der Waals surface area contributed by atoms with Crippen molar-refractivity contribution in [3.05, 3.63) is 69.1 Å². The highest BCUT2D eigenvalue weighted by Gasteiger charge is 2.33. The van der Waals surface area contributed by atoms with Crippen molar-refractivity contribution >= 4 is 45.7 Å². The number of halogens is 1. The number of carbonyl (C=O) groups excluding carboxylic acids is 1. The number of hydrogen-bond acceptors (Lipinski definition) is 5. The molecule has 1 heterocycles. The summed E-state index contributed by atoms with van der Waals surface area (Å²) in [6, 6.07) is 12.6. The van der Waals surface area contributed by atoms with Crippen LogP contribution in [0.5, 0.6) is 11.5 Å². The van der Waals surface area contributed by atoms with Crippen LogP contribution in [-0.2, 0) is 12.8 Å². The number of ether oxygens (including phenoxy) is 2. The van der Waals surface area contributed by atoms with Gasteiger partial charge in [-0.1, -0.05) is 38.3 Å². The lowest BCUT2D eigenvalue weighted by Gasteiger charge is -2.33. The molecule has 0 spiro atoms. The maximum atomic E-state index is 13.5. The second-order valence-corrected chi connectivity index (χ2v) is 11.6.